The molecule has 1 aromatic rings. The van der Waals surface area contributed by atoms with Gasteiger partial charge in [0.1, 0.15) is 5.82 Å². The zero-order chi connectivity index (χ0) is 16.9. The number of rotatable bonds is 3. The largest absolute Gasteiger partial charge is 0.393 e. The Balaban J connectivity index is 1.64. The van der Waals surface area contributed by atoms with Crippen LogP contribution in [0.3, 0.4) is 0 Å². The maximum atomic E-state index is 14.3. The smallest absolute Gasteiger partial charge is 0.233 e. The van der Waals surface area contributed by atoms with Crippen LogP contribution in [0.1, 0.15) is 44.1 Å². The Morgan fingerprint density at radius 2 is 2.04 bits per heavy atom. The van der Waals surface area contributed by atoms with Crippen molar-refractivity contribution < 1.29 is 19.0 Å². The molecule has 1 heterocycles. The molecule has 0 bridgehead atoms. The topological polar surface area (TPSA) is 49.8 Å². The molecule has 2 aliphatic carbocycles. The summed E-state index contributed by atoms with van der Waals surface area (Å²) in [5.74, 6) is -0.296. The Morgan fingerprint density at radius 1 is 1.29 bits per heavy atom. The number of hydrogen-bond donors (Lipinski definition) is 1. The van der Waals surface area contributed by atoms with E-state index in [2.05, 4.69) is 0 Å². The lowest BCUT2D eigenvalue weighted by atomic mass is 9.79. The van der Waals surface area contributed by atoms with Gasteiger partial charge < -0.3 is 14.7 Å². The number of benzene rings is 1. The van der Waals surface area contributed by atoms with Crippen molar-refractivity contribution in [1.29, 1.82) is 0 Å². The van der Waals surface area contributed by atoms with Crippen LogP contribution in [-0.4, -0.2) is 47.3 Å². The van der Waals surface area contributed by atoms with E-state index in [-0.39, 0.29) is 23.4 Å². The van der Waals surface area contributed by atoms with Gasteiger partial charge in [-0.15, -0.1) is 0 Å². The number of likely N-dealkylation sites (tertiary alicyclic amines) is 1. The minimum absolute atomic E-state index is 0.00521. The molecule has 2 saturated carbocycles. The van der Waals surface area contributed by atoms with Crippen molar-refractivity contribution in [3.05, 3.63) is 35.6 Å². The molecule has 1 aromatic carbocycles. The van der Waals surface area contributed by atoms with E-state index >= 15 is 0 Å². The predicted molar refractivity (Wildman–Crippen MR) is 87.0 cm³/mol. The molecule has 0 aromatic heterocycles. The highest BCUT2D eigenvalue weighted by molar-refractivity contribution is 5.92. The van der Waals surface area contributed by atoms with E-state index < -0.39 is 11.5 Å². The van der Waals surface area contributed by atoms with Crippen molar-refractivity contribution >= 4 is 5.91 Å². The number of aliphatic hydroxyl groups is 1. The van der Waals surface area contributed by atoms with Crippen LogP contribution in [0.25, 0.3) is 0 Å². The van der Waals surface area contributed by atoms with Crippen LogP contribution < -0.4 is 0 Å². The van der Waals surface area contributed by atoms with Gasteiger partial charge in [0.15, 0.2) is 0 Å². The standard InChI is InChI=1S/C19H24FNO3/c1-24-19-7-6-13(22)12-16(19)21(11-10-19)17(23)18(8-9-18)14-4-2-3-5-15(14)20/h2-5,13,16,22H,6-12H2,1H3/t13-,16+,19-/m1/s1. The number of aliphatic hydroxyl groups excluding tert-OH is 1. The maximum Gasteiger partial charge on any atom is 0.233 e. The number of nitrogens with zero attached hydrogens (tertiary/aromatic N) is 1. The van der Waals surface area contributed by atoms with Gasteiger partial charge >= 0.3 is 0 Å². The molecule has 0 spiro atoms. The molecule has 130 valence electrons. The Hall–Kier alpha value is -1.46. The molecule has 4 rings (SSSR count). The van der Waals surface area contributed by atoms with Crippen molar-refractivity contribution in [2.45, 2.75) is 61.7 Å². The first kappa shape index (κ1) is 16.0. The number of ether oxygens (including phenoxy) is 1. The van der Waals surface area contributed by atoms with Crippen molar-refractivity contribution in [2.24, 2.45) is 0 Å². The van der Waals surface area contributed by atoms with E-state index in [4.69, 9.17) is 4.74 Å². The minimum Gasteiger partial charge on any atom is -0.393 e. The van der Waals surface area contributed by atoms with E-state index in [9.17, 15) is 14.3 Å². The maximum absolute atomic E-state index is 14.3. The SMILES string of the molecule is CO[C@@]12CC[C@@H](O)C[C@@H]1N(C(=O)C1(c3ccccc3F)CC1)CC2. The third-order valence-corrected chi connectivity index (χ3v) is 6.37. The zero-order valence-corrected chi connectivity index (χ0v) is 14.0. The van der Waals surface area contributed by atoms with E-state index in [1.54, 1.807) is 25.3 Å². The van der Waals surface area contributed by atoms with Crippen molar-refractivity contribution in [1.82, 2.24) is 4.90 Å². The summed E-state index contributed by atoms with van der Waals surface area (Å²) in [6, 6.07) is 6.50. The number of halogens is 1. The number of carbonyl (C=O) groups excluding carboxylic acids is 1. The summed E-state index contributed by atoms with van der Waals surface area (Å²) >= 11 is 0. The highest BCUT2D eigenvalue weighted by atomic mass is 19.1. The Morgan fingerprint density at radius 3 is 2.71 bits per heavy atom. The summed E-state index contributed by atoms with van der Waals surface area (Å²) in [6.07, 6.45) is 3.82. The normalized spacial score (nSPS) is 34.0. The van der Waals surface area contributed by atoms with Crippen molar-refractivity contribution in [3.8, 4) is 0 Å². The zero-order valence-electron chi connectivity index (χ0n) is 14.0. The van der Waals surface area contributed by atoms with E-state index in [0.717, 1.165) is 12.8 Å². The molecule has 0 radical (unpaired) electrons. The van der Waals surface area contributed by atoms with Crippen LogP contribution >= 0.6 is 0 Å². The quantitative estimate of drug-likeness (QED) is 0.924. The third-order valence-electron chi connectivity index (χ3n) is 6.37. The number of amides is 1. The van der Waals surface area contributed by atoms with Crippen LogP contribution in [0.5, 0.6) is 0 Å². The predicted octanol–water partition coefficient (Wildman–Crippen LogP) is 2.39. The Kier molecular flexibility index (Phi) is 3.69. The van der Waals surface area contributed by atoms with Gasteiger partial charge in [-0.2, -0.15) is 0 Å². The van der Waals surface area contributed by atoms with E-state index in [0.29, 0.717) is 37.8 Å². The van der Waals surface area contributed by atoms with E-state index in [1.165, 1.54) is 6.07 Å². The molecule has 1 N–H and O–H groups in total. The summed E-state index contributed by atoms with van der Waals surface area (Å²) in [7, 11) is 1.70. The fraction of sp³-hybridized carbons (Fsp3) is 0.632. The first-order valence-corrected chi connectivity index (χ1v) is 8.82. The molecule has 5 heteroatoms. The summed E-state index contributed by atoms with van der Waals surface area (Å²) in [6.45, 7) is 0.625. The molecule has 3 aliphatic rings. The molecule has 1 saturated heterocycles. The number of carbonyl (C=O) groups is 1. The molecule has 3 atom stereocenters. The fourth-order valence-electron chi connectivity index (χ4n) is 4.77. The monoisotopic (exact) mass is 333 g/mol. The molecule has 0 unspecified atom stereocenters. The molecule has 4 nitrogen and oxygen atoms in total. The van der Waals surface area contributed by atoms with Crippen LogP contribution in [0, 0.1) is 5.82 Å². The van der Waals surface area contributed by atoms with Crippen LogP contribution in [0.2, 0.25) is 0 Å². The second-order valence-corrected chi connectivity index (χ2v) is 7.52. The molecular formula is C19H24FNO3. The second-order valence-electron chi connectivity index (χ2n) is 7.52. The van der Waals surface area contributed by atoms with Gasteiger partial charge in [0.2, 0.25) is 5.91 Å². The fourth-order valence-corrected chi connectivity index (χ4v) is 4.77. The first-order chi connectivity index (χ1) is 11.5. The summed E-state index contributed by atoms with van der Waals surface area (Å²) < 4.78 is 20.1. The molecule has 3 fully saturated rings. The van der Waals surface area contributed by atoms with Gasteiger partial charge in [-0.3, -0.25) is 4.79 Å². The number of fused-ring (bicyclic) bond motifs is 1. The molecular weight excluding hydrogens is 309 g/mol. The van der Waals surface area contributed by atoms with Gasteiger partial charge in [0.05, 0.1) is 23.2 Å². The lowest BCUT2D eigenvalue weighted by molar-refractivity contribution is -0.142. The molecule has 24 heavy (non-hydrogen) atoms. The van der Waals surface area contributed by atoms with Gasteiger partial charge in [-0.05, 0) is 44.6 Å². The highest BCUT2D eigenvalue weighted by Crippen LogP contribution is 2.53. The highest BCUT2D eigenvalue weighted by Gasteiger charge is 2.60. The third kappa shape index (κ3) is 2.21. The van der Waals surface area contributed by atoms with Gasteiger partial charge in [-0.1, -0.05) is 18.2 Å². The summed E-state index contributed by atoms with van der Waals surface area (Å²) in [4.78, 5) is 15.2. The lowest BCUT2D eigenvalue weighted by Gasteiger charge is -2.43. The minimum atomic E-state index is -0.711. The molecule has 1 aliphatic heterocycles. The summed E-state index contributed by atoms with van der Waals surface area (Å²) in [5.41, 5.74) is -0.543. The van der Waals surface area contributed by atoms with Gasteiger partial charge in [0, 0.05) is 19.2 Å². The molecule has 1 amide bonds. The average Bonchev–Trinajstić information content (AvgIpc) is 3.31. The Bertz CT molecular complexity index is 660. The second kappa shape index (κ2) is 5.53. The van der Waals surface area contributed by atoms with E-state index in [1.807, 2.05) is 4.90 Å². The van der Waals surface area contributed by atoms with Crippen LogP contribution in [0.4, 0.5) is 4.39 Å². The van der Waals surface area contributed by atoms with Crippen molar-refractivity contribution in [2.75, 3.05) is 13.7 Å². The lowest BCUT2D eigenvalue weighted by Crippen LogP contribution is -2.54. The average molecular weight is 333 g/mol. The van der Waals surface area contributed by atoms with Crippen molar-refractivity contribution in [3.63, 3.8) is 0 Å². The summed E-state index contributed by atoms with van der Waals surface area (Å²) in [5, 5.41) is 10.1. The van der Waals surface area contributed by atoms with Crippen LogP contribution in [-0.2, 0) is 14.9 Å². The number of hydrogen-bond acceptors (Lipinski definition) is 3. The number of methoxy groups -OCH3 is 1. The Labute approximate surface area is 141 Å². The van der Waals surface area contributed by atoms with Gasteiger partial charge in [0.25, 0.3) is 0 Å². The first-order valence-electron chi connectivity index (χ1n) is 8.82. The van der Waals surface area contributed by atoms with Gasteiger partial charge in [-0.25, -0.2) is 4.39 Å². The van der Waals surface area contributed by atoms with Crippen LogP contribution in [0.15, 0.2) is 24.3 Å².